The van der Waals surface area contributed by atoms with Crippen LogP contribution in [0.1, 0.15) is 36.8 Å². The molecule has 2 aliphatic rings. The van der Waals surface area contributed by atoms with E-state index in [1.54, 1.807) is 0 Å². The number of fused-ring (bicyclic) bond motifs is 1. The number of carboxylic acid groups (broad SMARTS) is 1. The summed E-state index contributed by atoms with van der Waals surface area (Å²) in [5, 5.41) is 11.4. The summed E-state index contributed by atoms with van der Waals surface area (Å²) in [4.78, 5) is 21.9. The second-order valence-electron chi connectivity index (χ2n) is 6.76. The van der Waals surface area contributed by atoms with E-state index in [1.807, 2.05) is 17.8 Å². The van der Waals surface area contributed by atoms with Crippen LogP contribution in [0.5, 0.6) is 0 Å². The molecule has 3 rings (SSSR count). The third-order valence-electron chi connectivity index (χ3n) is 4.52. The minimum atomic E-state index is -5.08. The Morgan fingerprint density at radius 1 is 1.21 bits per heavy atom. The molecule has 0 atom stereocenters. The van der Waals surface area contributed by atoms with Crippen LogP contribution in [0, 0.1) is 5.92 Å². The minimum absolute atomic E-state index is 0.401. The lowest BCUT2D eigenvalue weighted by molar-refractivity contribution is -0.192. The molecular weight excluding hydrogens is 415 g/mol. The maximum absolute atomic E-state index is 11.7. The molecule has 9 heteroatoms. The fourth-order valence-corrected chi connectivity index (χ4v) is 4.34. The molecule has 0 aromatic heterocycles. The summed E-state index contributed by atoms with van der Waals surface area (Å²) in [5.74, 6) is -0.898. The molecule has 156 valence electrons. The van der Waals surface area contributed by atoms with Crippen molar-refractivity contribution in [3.05, 3.63) is 28.3 Å². The summed E-state index contributed by atoms with van der Waals surface area (Å²) in [5.41, 5.74) is 2.85. The molecule has 1 fully saturated rings. The highest BCUT2D eigenvalue weighted by Gasteiger charge is 2.38. The number of aliphatic carboxylic acids is 1. The molecule has 28 heavy (non-hydrogen) atoms. The molecule has 0 unspecified atom stereocenters. The molecule has 1 aliphatic carbocycles. The monoisotopic (exact) mass is 437 g/mol. The van der Waals surface area contributed by atoms with Gasteiger partial charge < -0.3 is 10.4 Å². The lowest BCUT2D eigenvalue weighted by Gasteiger charge is -2.13. The number of nitrogens with one attached hydrogen (secondary N) is 1. The highest BCUT2D eigenvalue weighted by atomic mass is 35.5. The van der Waals surface area contributed by atoms with Crippen molar-refractivity contribution in [1.82, 2.24) is 5.32 Å². The lowest BCUT2D eigenvalue weighted by atomic mass is 10.0. The number of carbonyl (C=O) groups excluding carboxylic acids is 1. The van der Waals surface area contributed by atoms with Crippen LogP contribution < -0.4 is 5.32 Å². The van der Waals surface area contributed by atoms with Gasteiger partial charge in [-0.3, -0.25) is 4.79 Å². The molecule has 0 radical (unpaired) electrons. The van der Waals surface area contributed by atoms with Gasteiger partial charge in [0.15, 0.2) is 0 Å². The van der Waals surface area contributed by atoms with Gasteiger partial charge in [0, 0.05) is 17.2 Å². The fourth-order valence-electron chi connectivity index (χ4n) is 2.90. The van der Waals surface area contributed by atoms with Crippen LogP contribution in [0.2, 0.25) is 5.02 Å². The van der Waals surface area contributed by atoms with Crippen molar-refractivity contribution in [3.8, 4) is 0 Å². The first-order valence-corrected chi connectivity index (χ1v) is 10.5. The maximum Gasteiger partial charge on any atom is 0.490 e. The second kappa shape index (κ2) is 10.5. The molecule has 2 N–H and O–H groups in total. The number of hydrogen-bond acceptors (Lipinski definition) is 4. The predicted octanol–water partition coefficient (Wildman–Crippen LogP) is 4.51. The van der Waals surface area contributed by atoms with Gasteiger partial charge in [0.05, 0.1) is 5.02 Å². The summed E-state index contributed by atoms with van der Waals surface area (Å²) in [6, 6.07) is 4.20. The van der Waals surface area contributed by atoms with Crippen molar-refractivity contribution in [2.45, 2.75) is 49.6 Å². The smallest absolute Gasteiger partial charge is 0.475 e. The van der Waals surface area contributed by atoms with Gasteiger partial charge >= 0.3 is 12.1 Å². The number of Topliss-reactive ketones (excluding diaryl/α,β-unsaturated/α-hetero) is 1. The van der Waals surface area contributed by atoms with Gasteiger partial charge in [0.25, 0.3) is 0 Å². The van der Waals surface area contributed by atoms with Gasteiger partial charge in [-0.2, -0.15) is 13.2 Å². The molecule has 1 aromatic rings. The van der Waals surface area contributed by atoms with Crippen LogP contribution in [-0.4, -0.2) is 41.9 Å². The first kappa shape index (κ1) is 23.0. The molecular formula is C19H23ClF3NO3S. The first-order chi connectivity index (χ1) is 13.2. The highest BCUT2D eigenvalue weighted by molar-refractivity contribution is 7.99. The zero-order valence-electron chi connectivity index (χ0n) is 15.3. The molecule has 1 aromatic carbocycles. The van der Waals surface area contributed by atoms with Crippen LogP contribution in [-0.2, 0) is 22.4 Å². The number of carboxylic acids is 1. The van der Waals surface area contributed by atoms with Crippen molar-refractivity contribution in [2.24, 2.45) is 5.92 Å². The van der Waals surface area contributed by atoms with E-state index >= 15 is 0 Å². The summed E-state index contributed by atoms with van der Waals surface area (Å²) in [6.07, 6.45) is 1.01. The van der Waals surface area contributed by atoms with Crippen LogP contribution in [0.4, 0.5) is 13.2 Å². The van der Waals surface area contributed by atoms with E-state index in [-0.39, 0.29) is 0 Å². The third-order valence-corrected chi connectivity index (χ3v) is 6.20. The van der Waals surface area contributed by atoms with Crippen molar-refractivity contribution in [2.75, 3.05) is 18.8 Å². The normalized spacial score (nSPS) is 16.4. The van der Waals surface area contributed by atoms with E-state index < -0.39 is 12.1 Å². The number of rotatable bonds is 6. The number of thioether (sulfide) groups is 1. The second-order valence-corrected chi connectivity index (χ2v) is 8.27. The molecule has 1 aliphatic heterocycles. The van der Waals surface area contributed by atoms with Crippen molar-refractivity contribution < 1.29 is 27.9 Å². The van der Waals surface area contributed by atoms with Crippen LogP contribution in [0.3, 0.4) is 0 Å². The average molecular weight is 438 g/mol. The molecule has 0 amide bonds. The Morgan fingerprint density at radius 3 is 2.46 bits per heavy atom. The van der Waals surface area contributed by atoms with Gasteiger partial charge in [0.2, 0.25) is 0 Å². The Morgan fingerprint density at radius 2 is 1.86 bits per heavy atom. The molecule has 0 saturated heterocycles. The quantitative estimate of drug-likeness (QED) is 0.506. The maximum atomic E-state index is 11.7. The molecule has 1 heterocycles. The van der Waals surface area contributed by atoms with Crippen molar-refractivity contribution in [1.29, 1.82) is 0 Å². The minimum Gasteiger partial charge on any atom is -0.475 e. The van der Waals surface area contributed by atoms with E-state index in [1.165, 1.54) is 16.0 Å². The predicted molar refractivity (Wildman–Crippen MR) is 103 cm³/mol. The first-order valence-electron chi connectivity index (χ1n) is 9.16. The molecule has 0 spiro atoms. The number of halogens is 4. The molecule has 4 nitrogen and oxygen atoms in total. The Hall–Kier alpha value is -1.25. The Labute approximate surface area is 171 Å². The third kappa shape index (κ3) is 7.29. The highest BCUT2D eigenvalue weighted by Crippen LogP contribution is 2.35. The largest absolute Gasteiger partial charge is 0.490 e. The van der Waals surface area contributed by atoms with E-state index in [2.05, 4.69) is 11.4 Å². The van der Waals surface area contributed by atoms with E-state index in [0.29, 0.717) is 11.7 Å². The SMILES string of the molecule is O=C(CCCSc1c(Cl)ccc2c1CCNCC2)C1CC1.O=C(O)C(F)(F)F. The Balaban J connectivity index is 0.000000345. The lowest BCUT2D eigenvalue weighted by Crippen LogP contribution is -2.21. The summed E-state index contributed by atoms with van der Waals surface area (Å²) in [6.45, 7) is 2.08. The van der Waals surface area contributed by atoms with Gasteiger partial charge in [-0.1, -0.05) is 17.7 Å². The average Bonchev–Trinajstić information content (AvgIpc) is 3.46. The van der Waals surface area contributed by atoms with Gasteiger partial charge in [0.1, 0.15) is 5.78 Å². The Kier molecular flexibility index (Phi) is 8.64. The van der Waals surface area contributed by atoms with E-state index in [9.17, 15) is 18.0 Å². The fraction of sp³-hybridized carbons (Fsp3) is 0.579. The number of hydrogen-bond donors (Lipinski definition) is 2. The van der Waals surface area contributed by atoms with Crippen LogP contribution in [0.15, 0.2) is 17.0 Å². The Bertz CT molecular complexity index is 708. The molecule has 0 bridgehead atoms. The topological polar surface area (TPSA) is 66.4 Å². The van der Waals surface area contributed by atoms with Gasteiger partial charge in [-0.25, -0.2) is 4.79 Å². The zero-order valence-corrected chi connectivity index (χ0v) is 16.9. The van der Waals surface area contributed by atoms with Crippen molar-refractivity contribution in [3.63, 3.8) is 0 Å². The van der Waals surface area contributed by atoms with Gasteiger partial charge in [-0.05, 0) is 68.1 Å². The summed E-state index contributed by atoms with van der Waals surface area (Å²) in [7, 11) is 0. The van der Waals surface area contributed by atoms with Crippen LogP contribution >= 0.6 is 23.4 Å². The van der Waals surface area contributed by atoms with E-state index in [0.717, 1.165) is 62.4 Å². The summed E-state index contributed by atoms with van der Waals surface area (Å²) < 4.78 is 31.7. The summed E-state index contributed by atoms with van der Waals surface area (Å²) >= 11 is 8.24. The number of benzene rings is 1. The number of carbonyl (C=O) groups is 2. The van der Waals surface area contributed by atoms with Crippen LogP contribution in [0.25, 0.3) is 0 Å². The number of alkyl halides is 3. The standard InChI is InChI=1S/C17H22ClNOS.C2HF3O2/c18-15-6-5-12-7-9-19-10-8-14(12)17(15)21-11-1-2-16(20)13-3-4-13;3-2(4,5)1(6)7/h5-6,13,19H,1-4,7-11H2;(H,6,7). The van der Waals surface area contributed by atoms with Gasteiger partial charge in [-0.15, -0.1) is 11.8 Å². The zero-order chi connectivity index (χ0) is 20.7. The van der Waals surface area contributed by atoms with Crippen molar-refractivity contribution >= 4 is 35.1 Å². The number of ketones is 1. The molecule has 1 saturated carbocycles. The van der Waals surface area contributed by atoms with E-state index in [4.69, 9.17) is 21.5 Å².